The predicted octanol–water partition coefficient (Wildman–Crippen LogP) is 3.02. The first kappa shape index (κ1) is 14.1. The molecule has 19 heavy (non-hydrogen) atoms. The molecule has 0 aliphatic heterocycles. The van der Waals surface area contributed by atoms with Crippen LogP contribution in [0.1, 0.15) is 44.5 Å². The van der Waals surface area contributed by atoms with Crippen molar-refractivity contribution in [3.05, 3.63) is 11.4 Å². The van der Waals surface area contributed by atoms with Gasteiger partial charge in [0.2, 0.25) is 0 Å². The highest BCUT2D eigenvalue weighted by molar-refractivity contribution is 5.58. The fourth-order valence-corrected chi connectivity index (χ4v) is 2.57. The highest BCUT2D eigenvalue weighted by Gasteiger charge is 2.21. The minimum absolute atomic E-state index is 0.854. The highest BCUT2D eigenvalue weighted by Crippen LogP contribution is 2.30. The minimum atomic E-state index is 0.854. The molecule has 0 atom stereocenters. The molecule has 4 heteroatoms. The minimum Gasteiger partial charge on any atom is -0.370 e. The van der Waals surface area contributed by atoms with Gasteiger partial charge in [-0.05, 0) is 32.6 Å². The van der Waals surface area contributed by atoms with Crippen molar-refractivity contribution in [1.29, 1.82) is 0 Å². The second-order valence-electron chi connectivity index (χ2n) is 5.50. The molecular formula is C15H26N4. The van der Waals surface area contributed by atoms with Crippen LogP contribution >= 0.6 is 0 Å². The molecule has 1 aliphatic rings. The van der Waals surface area contributed by atoms with E-state index < -0.39 is 0 Å². The van der Waals surface area contributed by atoms with Crippen molar-refractivity contribution in [2.24, 2.45) is 5.92 Å². The van der Waals surface area contributed by atoms with Crippen molar-refractivity contribution < 1.29 is 0 Å². The topological polar surface area (TPSA) is 41.1 Å². The predicted molar refractivity (Wildman–Crippen MR) is 80.9 cm³/mol. The van der Waals surface area contributed by atoms with E-state index in [0.29, 0.717) is 0 Å². The first-order valence-electron chi connectivity index (χ1n) is 7.48. The number of rotatable bonds is 6. The quantitative estimate of drug-likeness (QED) is 0.855. The Balaban J connectivity index is 2.23. The number of hydrogen-bond acceptors (Lipinski definition) is 4. The third kappa shape index (κ3) is 3.17. The van der Waals surface area contributed by atoms with E-state index in [1.54, 1.807) is 0 Å². The third-order valence-corrected chi connectivity index (χ3v) is 3.95. The summed E-state index contributed by atoms with van der Waals surface area (Å²) < 4.78 is 0. The van der Waals surface area contributed by atoms with E-state index in [1.165, 1.54) is 24.8 Å². The van der Waals surface area contributed by atoms with Crippen molar-refractivity contribution in [1.82, 2.24) is 9.97 Å². The summed E-state index contributed by atoms with van der Waals surface area (Å²) in [6, 6.07) is 0. The Morgan fingerprint density at radius 1 is 1.26 bits per heavy atom. The number of nitrogens with zero attached hydrogens (tertiary/aromatic N) is 3. The van der Waals surface area contributed by atoms with E-state index in [1.807, 2.05) is 0 Å². The molecule has 1 aliphatic carbocycles. The Morgan fingerprint density at radius 2 is 2.00 bits per heavy atom. The van der Waals surface area contributed by atoms with E-state index in [2.05, 4.69) is 43.0 Å². The average Bonchev–Trinajstić information content (AvgIpc) is 2.36. The molecule has 1 aromatic rings. The van der Waals surface area contributed by atoms with Crippen molar-refractivity contribution in [2.45, 2.75) is 46.5 Å². The van der Waals surface area contributed by atoms with Crippen LogP contribution in [0.5, 0.6) is 0 Å². The monoisotopic (exact) mass is 262 g/mol. The summed E-state index contributed by atoms with van der Waals surface area (Å²) in [5.41, 5.74) is 1.17. The maximum atomic E-state index is 4.72. The number of aromatic nitrogens is 2. The standard InChI is InChI=1S/C15H26N4/c1-5-13-17-14(16-6-2)11(3)15(18-13)19(4)10-12-8-7-9-12/h12H,5-10H2,1-4H3,(H,16,17,18). The lowest BCUT2D eigenvalue weighted by Crippen LogP contribution is -2.31. The van der Waals surface area contributed by atoms with E-state index in [-0.39, 0.29) is 0 Å². The highest BCUT2D eigenvalue weighted by atomic mass is 15.2. The summed E-state index contributed by atoms with van der Waals surface area (Å²) >= 11 is 0. The van der Waals surface area contributed by atoms with Gasteiger partial charge in [0.1, 0.15) is 17.5 Å². The smallest absolute Gasteiger partial charge is 0.137 e. The van der Waals surface area contributed by atoms with E-state index in [4.69, 9.17) is 4.98 Å². The normalized spacial score (nSPS) is 15.2. The Hall–Kier alpha value is -1.32. The van der Waals surface area contributed by atoms with Crippen LogP contribution in [0.25, 0.3) is 0 Å². The average molecular weight is 262 g/mol. The van der Waals surface area contributed by atoms with Gasteiger partial charge in [-0.1, -0.05) is 13.3 Å². The van der Waals surface area contributed by atoms with Gasteiger partial charge in [0.05, 0.1) is 0 Å². The SMILES string of the molecule is CCNc1nc(CC)nc(N(C)CC2CCC2)c1C. The van der Waals surface area contributed by atoms with Crippen LogP contribution in [0.2, 0.25) is 0 Å². The number of nitrogens with one attached hydrogen (secondary N) is 1. The lowest BCUT2D eigenvalue weighted by Gasteiger charge is -2.31. The van der Waals surface area contributed by atoms with Gasteiger partial charge >= 0.3 is 0 Å². The molecule has 1 fully saturated rings. The summed E-state index contributed by atoms with van der Waals surface area (Å²) in [6.45, 7) is 8.34. The molecule has 1 N–H and O–H groups in total. The molecule has 1 heterocycles. The molecule has 2 rings (SSSR count). The number of anilines is 2. The molecule has 0 bridgehead atoms. The van der Waals surface area contributed by atoms with Crippen LogP contribution in [0.15, 0.2) is 0 Å². The van der Waals surface area contributed by atoms with E-state index in [0.717, 1.165) is 42.9 Å². The molecule has 0 saturated heterocycles. The summed E-state index contributed by atoms with van der Waals surface area (Å²) in [6.07, 6.45) is 5.01. The van der Waals surface area contributed by atoms with Crippen molar-refractivity contribution in [3.63, 3.8) is 0 Å². The lowest BCUT2D eigenvalue weighted by atomic mass is 9.85. The molecule has 0 spiro atoms. The zero-order valence-electron chi connectivity index (χ0n) is 12.7. The summed E-state index contributed by atoms with van der Waals surface area (Å²) in [5.74, 6) is 3.86. The summed E-state index contributed by atoms with van der Waals surface area (Å²) in [4.78, 5) is 11.6. The van der Waals surface area contributed by atoms with Crippen molar-refractivity contribution >= 4 is 11.6 Å². The maximum Gasteiger partial charge on any atom is 0.137 e. The zero-order chi connectivity index (χ0) is 13.8. The Kier molecular flexibility index (Phi) is 4.61. The van der Waals surface area contributed by atoms with Gasteiger partial charge in [-0.25, -0.2) is 9.97 Å². The van der Waals surface area contributed by atoms with Crippen LogP contribution in [-0.4, -0.2) is 30.1 Å². The number of aryl methyl sites for hydroxylation is 1. The van der Waals surface area contributed by atoms with Gasteiger partial charge in [0.25, 0.3) is 0 Å². The Labute approximate surface area is 116 Å². The van der Waals surface area contributed by atoms with Crippen molar-refractivity contribution in [3.8, 4) is 0 Å². The molecule has 0 amide bonds. The fraction of sp³-hybridized carbons (Fsp3) is 0.733. The van der Waals surface area contributed by atoms with E-state index >= 15 is 0 Å². The molecule has 0 aromatic carbocycles. The van der Waals surface area contributed by atoms with Gasteiger partial charge in [-0.2, -0.15) is 0 Å². The molecule has 1 saturated carbocycles. The molecule has 106 valence electrons. The fourth-order valence-electron chi connectivity index (χ4n) is 2.57. The number of hydrogen-bond donors (Lipinski definition) is 1. The third-order valence-electron chi connectivity index (χ3n) is 3.95. The van der Waals surface area contributed by atoms with Gasteiger partial charge in [-0.15, -0.1) is 0 Å². The summed E-state index contributed by atoms with van der Waals surface area (Å²) in [7, 11) is 2.16. The van der Waals surface area contributed by atoms with Crippen LogP contribution < -0.4 is 10.2 Å². The Morgan fingerprint density at radius 3 is 2.53 bits per heavy atom. The molecule has 0 unspecified atom stereocenters. The first-order valence-corrected chi connectivity index (χ1v) is 7.48. The summed E-state index contributed by atoms with van der Waals surface area (Å²) in [5, 5.41) is 3.35. The van der Waals surface area contributed by atoms with Crippen LogP contribution in [-0.2, 0) is 6.42 Å². The van der Waals surface area contributed by atoms with Gasteiger partial charge in [0.15, 0.2) is 0 Å². The van der Waals surface area contributed by atoms with Gasteiger partial charge < -0.3 is 10.2 Å². The molecule has 1 aromatic heterocycles. The zero-order valence-corrected chi connectivity index (χ0v) is 12.7. The van der Waals surface area contributed by atoms with Gasteiger partial charge in [-0.3, -0.25) is 0 Å². The molecular weight excluding hydrogens is 236 g/mol. The first-order chi connectivity index (χ1) is 9.15. The molecule has 4 nitrogen and oxygen atoms in total. The second-order valence-corrected chi connectivity index (χ2v) is 5.50. The van der Waals surface area contributed by atoms with Gasteiger partial charge in [0, 0.05) is 32.1 Å². The van der Waals surface area contributed by atoms with Crippen LogP contribution in [0.3, 0.4) is 0 Å². The lowest BCUT2D eigenvalue weighted by molar-refractivity contribution is 0.321. The molecule has 0 radical (unpaired) electrons. The largest absolute Gasteiger partial charge is 0.370 e. The van der Waals surface area contributed by atoms with Crippen molar-refractivity contribution in [2.75, 3.05) is 30.4 Å². The van der Waals surface area contributed by atoms with E-state index in [9.17, 15) is 0 Å². The maximum absolute atomic E-state index is 4.72. The Bertz CT molecular complexity index is 426. The van der Waals surface area contributed by atoms with Crippen LogP contribution in [0.4, 0.5) is 11.6 Å². The second kappa shape index (κ2) is 6.22. The van der Waals surface area contributed by atoms with Crippen LogP contribution in [0, 0.1) is 12.8 Å².